The summed E-state index contributed by atoms with van der Waals surface area (Å²) in [6.45, 7) is 0.657. The second kappa shape index (κ2) is 6.80. The van der Waals surface area contributed by atoms with Gasteiger partial charge in [0.2, 0.25) is 0 Å². The van der Waals surface area contributed by atoms with E-state index >= 15 is 0 Å². The summed E-state index contributed by atoms with van der Waals surface area (Å²) in [4.78, 5) is 12.1. The molecule has 1 aliphatic rings. The zero-order chi connectivity index (χ0) is 13.7. The molecular formula is C15H20ClNO2. The van der Waals surface area contributed by atoms with Gasteiger partial charge in [-0.15, -0.1) is 11.6 Å². The molecule has 0 aliphatic heterocycles. The number of amides is 1. The lowest BCUT2D eigenvalue weighted by Crippen LogP contribution is -2.34. The number of halogens is 1. The third-order valence-electron chi connectivity index (χ3n) is 3.67. The summed E-state index contributed by atoms with van der Waals surface area (Å²) in [6, 6.07) is 7.18. The Labute approximate surface area is 119 Å². The van der Waals surface area contributed by atoms with Gasteiger partial charge in [-0.1, -0.05) is 18.9 Å². The van der Waals surface area contributed by atoms with Gasteiger partial charge in [0, 0.05) is 17.5 Å². The van der Waals surface area contributed by atoms with E-state index in [-0.39, 0.29) is 11.3 Å². The third kappa shape index (κ3) is 3.87. The van der Waals surface area contributed by atoms with E-state index in [1.165, 1.54) is 12.8 Å². The number of rotatable bonds is 4. The third-order valence-corrected chi connectivity index (χ3v) is 4.25. The van der Waals surface area contributed by atoms with Crippen LogP contribution in [-0.4, -0.2) is 24.9 Å². The molecule has 1 fully saturated rings. The van der Waals surface area contributed by atoms with E-state index in [4.69, 9.17) is 16.3 Å². The van der Waals surface area contributed by atoms with Crippen molar-refractivity contribution in [3.05, 3.63) is 29.8 Å². The summed E-state index contributed by atoms with van der Waals surface area (Å²) in [5, 5.41) is 3.17. The predicted octanol–water partition coefficient (Wildman–Crippen LogP) is 3.22. The molecule has 1 aromatic rings. The maximum Gasteiger partial charge on any atom is 0.251 e. The average molecular weight is 282 g/mol. The largest absolute Gasteiger partial charge is 0.497 e. The van der Waals surface area contributed by atoms with Crippen molar-refractivity contribution in [2.75, 3.05) is 13.7 Å². The fourth-order valence-corrected chi connectivity index (χ4v) is 2.85. The van der Waals surface area contributed by atoms with Crippen LogP contribution in [0.25, 0.3) is 0 Å². The summed E-state index contributed by atoms with van der Waals surface area (Å²) in [5.41, 5.74) is 0.626. The lowest BCUT2D eigenvalue weighted by atomic mass is 9.88. The minimum Gasteiger partial charge on any atom is -0.497 e. The number of hydrogen-bond donors (Lipinski definition) is 1. The topological polar surface area (TPSA) is 38.3 Å². The van der Waals surface area contributed by atoms with Crippen LogP contribution in [0.2, 0.25) is 0 Å². The molecule has 1 aromatic carbocycles. The summed E-state index contributed by atoms with van der Waals surface area (Å²) >= 11 is 6.29. The molecule has 0 bridgehead atoms. The van der Waals surface area contributed by atoms with Crippen molar-refractivity contribution in [3.63, 3.8) is 0 Å². The molecule has 1 amide bonds. The highest BCUT2D eigenvalue weighted by atomic mass is 35.5. The van der Waals surface area contributed by atoms with Crippen molar-refractivity contribution in [2.45, 2.75) is 31.1 Å². The number of carbonyl (C=O) groups excluding carboxylic acids is 1. The van der Waals surface area contributed by atoms with Crippen molar-refractivity contribution < 1.29 is 9.53 Å². The van der Waals surface area contributed by atoms with Crippen LogP contribution in [0.3, 0.4) is 0 Å². The predicted molar refractivity (Wildman–Crippen MR) is 76.9 cm³/mol. The number of methoxy groups -OCH3 is 1. The Morgan fingerprint density at radius 3 is 2.95 bits per heavy atom. The van der Waals surface area contributed by atoms with E-state index in [9.17, 15) is 4.79 Å². The average Bonchev–Trinajstić information content (AvgIpc) is 2.46. The SMILES string of the molecule is COc1cccc(C(=O)NCC2CCCCC2Cl)c1. The van der Waals surface area contributed by atoms with Gasteiger partial charge in [0.1, 0.15) is 5.75 Å². The molecule has 2 atom stereocenters. The molecular weight excluding hydrogens is 262 g/mol. The Kier molecular flexibility index (Phi) is 5.08. The Morgan fingerprint density at radius 2 is 2.21 bits per heavy atom. The second-order valence-electron chi connectivity index (χ2n) is 5.00. The molecule has 19 heavy (non-hydrogen) atoms. The molecule has 0 radical (unpaired) electrons. The van der Waals surface area contributed by atoms with E-state index < -0.39 is 0 Å². The van der Waals surface area contributed by atoms with E-state index in [1.807, 2.05) is 12.1 Å². The molecule has 104 valence electrons. The molecule has 2 unspecified atom stereocenters. The molecule has 0 spiro atoms. The Morgan fingerprint density at radius 1 is 1.42 bits per heavy atom. The zero-order valence-electron chi connectivity index (χ0n) is 11.2. The number of nitrogens with one attached hydrogen (secondary N) is 1. The van der Waals surface area contributed by atoms with Gasteiger partial charge in [-0.2, -0.15) is 0 Å². The Bertz CT molecular complexity index is 436. The first-order chi connectivity index (χ1) is 9.20. The highest BCUT2D eigenvalue weighted by molar-refractivity contribution is 6.20. The second-order valence-corrected chi connectivity index (χ2v) is 5.56. The molecule has 0 heterocycles. The van der Waals surface area contributed by atoms with Gasteiger partial charge < -0.3 is 10.1 Å². The molecule has 4 heteroatoms. The summed E-state index contributed by atoms with van der Waals surface area (Å²) in [7, 11) is 1.59. The van der Waals surface area contributed by atoms with E-state index in [1.54, 1.807) is 19.2 Å². The Balaban J connectivity index is 1.89. The first-order valence-electron chi connectivity index (χ1n) is 6.77. The monoisotopic (exact) mass is 281 g/mol. The van der Waals surface area contributed by atoms with Gasteiger partial charge >= 0.3 is 0 Å². The van der Waals surface area contributed by atoms with Crippen LogP contribution in [-0.2, 0) is 0 Å². The molecule has 1 N–H and O–H groups in total. The van der Waals surface area contributed by atoms with Gasteiger partial charge in [-0.25, -0.2) is 0 Å². The lowest BCUT2D eigenvalue weighted by molar-refractivity contribution is 0.0943. The number of hydrogen-bond acceptors (Lipinski definition) is 2. The molecule has 3 nitrogen and oxygen atoms in total. The van der Waals surface area contributed by atoms with Crippen LogP contribution in [0.1, 0.15) is 36.0 Å². The molecule has 1 aliphatic carbocycles. The Hall–Kier alpha value is -1.22. The van der Waals surface area contributed by atoms with Gasteiger partial charge in [0.05, 0.1) is 7.11 Å². The van der Waals surface area contributed by atoms with Crippen molar-refractivity contribution in [2.24, 2.45) is 5.92 Å². The molecule has 1 saturated carbocycles. The summed E-state index contributed by atoms with van der Waals surface area (Å²) < 4.78 is 5.12. The highest BCUT2D eigenvalue weighted by Crippen LogP contribution is 2.28. The molecule has 0 saturated heterocycles. The van der Waals surface area contributed by atoms with Crippen LogP contribution < -0.4 is 10.1 Å². The van der Waals surface area contributed by atoms with Crippen LogP contribution in [0.15, 0.2) is 24.3 Å². The summed E-state index contributed by atoms with van der Waals surface area (Å²) in [6.07, 6.45) is 4.57. The van der Waals surface area contributed by atoms with Gasteiger partial charge in [-0.05, 0) is 37.0 Å². The zero-order valence-corrected chi connectivity index (χ0v) is 12.0. The van der Waals surface area contributed by atoms with E-state index in [2.05, 4.69) is 5.32 Å². The smallest absolute Gasteiger partial charge is 0.251 e. The van der Waals surface area contributed by atoms with Gasteiger partial charge in [-0.3, -0.25) is 4.79 Å². The minimum absolute atomic E-state index is 0.0617. The van der Waals surface area contributed by atoms with Crippen molar-refractivity contribution in [3.8, 4) is 5.75 Å². The van der Waals surface area contributed by atoms with E-state index in [0.717, 1.165) is 12.8 Å². The maximum atomic E-state index is 12.1. The first-order valence-corrected chi connectivity index (χ1v) is 7.20. The van der Waals surface area contributed by atoms with Gasteiger partial charge in [0.15, 0.2) is 0 Å². The fourth-order valence-electron chi connectivity index (χ4n) is 2.48. The number of benzene rings is 1. The maximum absolute atomic E-state index is 12.1. The van der Waals surface area contributed by atoms with E-state index in [0.29, 0.717) is 23.8 Å². The van der Waals surface area contributed by atoms with Crippen LogP contribution >= 0.6 is 11.6 Å². The van der Waals surface area contributed by atoms with Crippen LogP contribution in [0.5, 0.6) is 5.75 Å². The number of carbonyl (C=O) groups is 1. The summed E-state index contributed by atoms with van der Waals surface area (Å²) in [5.74, 6) is 1.03. The van der Waals surface area contributed by atoms with Gasteiger partial charge in [0.25, 0.3) is 5.91 Å². The normalized spacial score (nSPS) is 22.8. The number of alkyl halides is 1. The standard InChI is InChI=1S/C15H20ClNO2/c1-19-13-7-4-6-11(9-13)15(18)17-10-12-5-2-3-8-14(12)16/h4,6-7,9,12,14H,2-3,5,8,10H2,1H3,(H,17,18). The first kappa shape index (κ1) is 14.2. The fraction of sp³-hybridized carbons (Fsp3) is 0.533. The lowest BCUT2D eigenvalue weighted by Gasteiger charge is -2.27. The highest BCUT2D eigenvalue weighted by Gasteiger charge is 2.23. The minimum atomic E-state index is -0.0617. The molecule has 0 aromatic heterocycles. The number of ether oxygens (including phenoxy) is 1. The van der Waals surface area contributed by atoms with Crippen LogP contribution in [0, 0.1) is 5.92 Å². The van der Waals surface area contributed by atoms with Crippen molar-refractivity contribution in [1.29, 1.82) is 0 Å². The molecule has 2 rings (SSSR count). The van der Waals surface area contributed by atoms with Crippen molar-refractivity contribution in [1.82, 2.24) is 5.32 Å². The quantitative estimate of drug-likeness (QED) is 0.861. The van der Waals surface area contributed by atoms with Crippen molar-refractivity contribution >= 4 is 17.5 Å². The van der Waals surface area contributed by atoms with Crippen LogP contribution in [0.4, 0.5) is 0 Å².